The number of benzene rings is 1. The first kappa shape index (κ1) is 11.6. The maximum Gasteiger partial charge on any atom is 0.127 e. The molecule has 0 amide bonds. The van der Waals surface area contributed by atoms with E-state index in [1.807, 2.05) is 0 Å². The summed E-state index contributed by atoms with van der Waals surface area (Å²) in [7, 11) is 0. The minimum atomic E-state index is -1.04. The molecule has 0 aromatic heterocycles. The second-order valence-corrected chi connectivity index (χ2v) is 5.04. The van der Waals surface area contributed by atoms with E-state index in [2.05, 4.69) is 37.4 Å². The zero-order chi connectivity index (χ0) is 11.6. The van der Waals surface area contributed by atoms with Gasteiger partial charge < -0.3 is 5.32 Å². The van der Waals surface area contributed by atoms with E-state index in [1.54, 1.807) is 0 Å². The third-order valence-electron chi connectivity index (χ3n) is 3.43. The summed E-state index contributed by atoms with van der Waals surface area (Å²) in [6.07, 6.45) is 2.18. The van der Waals surface area contributed by atoms with E-state index in [0.29, 0.717) is 19.4 Å². The lowest BCUT2D eigenvalue weighted by Crippen LogP contribution is -2.43. The van der Waals surface area contributed by atoms with Gasteiger partial charge in [-0.2, -0.15) is 0 Å². The Hall–Kier alpha value is -0.890. The van der Waals surface area contributed by atoms with Crippen molar-refractivity contribution in [1.29, 1.82) is 0 Å². The van der Waals surface area contributed by atoms with Gasteiger partial charge in [0.05, 0.1) is 0 Å². The first-order valence-corrected chi connectivity index (χ1v) is 6.05. The largest absolute Gasteiger partial charge is 0.314 e. The highest BCUT2D eigenvalue weighted by molar-refractivity contribution is 5.31. The molecule has 1 aliphatic rings. The van der Waals surface area contributed by atoms with E-state index >= 15 is 0 Å². The van der Waals surface area contributed by atoms with Crippen LogP contribution in [0.2, 0.25) is 0 Å². The lowest BCUT2D eigenvalue weighted by molar-refractivity contribution is 0.122. The van der Waals surface area contributed by atoms with Crippen molar-refractivity contribution >= 4 is 0 Å². The van der Waals surface area contributed by atoms with Crippen LogP contribution in [0.5, 0.6) is 0 Å². The fraction of sp³-hybridized carbons (Fsp3) is 0.571. The predicted molar refractivity (Wildman–Crippen MR) is 65.6 cm³/mol. The van der Waals surface area contributed by atoms with Gasteiger partial charge in [-0.15, -0.1) is 0 Å². The maximum atomic E-state index is 14.5. The lowest BCUT2D eigenvalue weighted by Gasteiger charge is -2.30. The van der Waals surface area contributed by atoms with Crippen molar-refractivity contribution in [3.05, 3.63) is 34.9 Å². The molecule has 1 aromatic carbocycles. The first-order chi connectivity index (χ1) is 7.59. The molecule has 1 atom stereocenters. The van der Waals surface area contributed by atoms with E-state index < -0.39 is 5.67 Å². The molecule has 2 heteroatoms. The SMILES string of the molecule is Cc1ccc(C)c(CC2(F)CCCNC2)c1. The van der Waals surface area contributed by atoms with Gasteiger partial charge in [-0.1, -0.05) is 23.8 Å². The Bertz CT molecular complexity index is 367. The average molecular weight is 221 g/mol. The molecule has 0 spiro atoms. The van der Waals surface area contributed by atoms with Crippen molar-refractivity contribution in [3.63, 3.8) is 0 Å². The van der Waals surface area contributed by atoms with Crippen LogP contribution in [0.4, 0.5) is 4.39 Å². The summed E-state index contributed by atoms with van der Waals surface area (Å²) in [5, 5.41) is 3.15. The molecule has 16 heavy (non-hydrogen) atoms. The van der Waals surface area contributed by atoms with E-state index in [0.717, 1.165) is 18.5 Å². The van der Waals surface area contributed by atoms with E-state index in [9.17, 15) is 4.39 Å². The smallest absolute Gasteiger partial charge is 0.127 e. The van der Waals surface area contributed by atoms with Crippen molar-refractivity contribution in [2.24, 2.45) is 0 Å². The fourth-order valence-electron chi connectivity index (χ4n) is 2.41. The molecule has 1 aliphatic heterocycles. The zero-order valence-corrected chi connectivity index (χ0v) is 10.1. The fourth-order valence-corrected chi connectivity index (χ4v) is 2.41. The molecule has 1 N–H and O–H groups in total. The van der Waals surface area contributed by atoms with Crippen molar-refractivity contribution in [2.75, 3.05) is 13.1 Å². The van der Waals surface area contributed by atoms with Gasteiger partial charge in [0.25, 0.3) is 0 Å². The topological polar surface area (TPSA) is 12.0 Å². The maximum absolute atomic E-state index is 14.5. The molecule has 1 heterocycles. The second kappa shape index (κ2) is 4.54. The van der Waals surface area contributed by atoms with Gasteiger partial charge in [-0.05, 0) is 44.4 Å². The van der Waals surface area contributed by atoms with Gasteiger partial charge in [-0.3, -0.25) is 0 Å². The molecule has 1 saturated heterocycles. The third kappa shape index (κ3) is 2.62. The first-order valence-electron chi connectivity index (χ1n) is 6.05. The van der Waals surface area contributed by atoms with E-state index in [4.69, 9.17) is 0 Å². The molecule has 1 unspecified atom stereocenters. The average Bonchev–Trinajstić information content (AvgIpc) is 2.24. The van der Waals surface area contributed by atoms with Crippen molar-refractivity contribution < 1.29 is 4.39 Å². The van der Waals surface area contributed by atoms with Gasteiger partial charge in [0.2, 0.25) is 0 Å². The Morgan fingerprint density at radius 2 is 2.19 bits per heavy atom. The van der Waals surface area contributed by atoms with Crippen LogP contribution in [0.3, 0.4) is 0 Å². The number of aryl methyl sites for hydroxylation is 2. The number of piperidine rings is 1. The molecule has 2 rings (SSSR count). The van der Waals surface area contributed by atoms with Gasteiger partial charge in [0.15, 0.2) is 0 Å². The molecule has 1 fully saturated rings. The van der Waals surface area contributed by atoms with Crippen molar-refractivity contribution in [1.82, 2.24) is 5.32 Å². The van der Waals surface area contributed by atoms with Crippen LogP contribution in [0, 0.1) is 13.8 Å². The Morgan fingerprint density at radius 3 is 2.88 bits per heavy atom. The molecule has 0 bridgehead atoms. The van der Waals surface area contributed by atoms with Crippen LogP contribution in [-0.4, -0.2) is 18.8 Å². The number of hydrogen-bond donors (Lipinski definition) is 1. The second-order valence-electron chi connectivity index (χ2n) is 5.04. The number of rotatable bonds is 2. The van der Waals surface area contributed by atoms with Crippen molar-refractivity contribution in [2.45, 2.75) is 38.8 Å². The molecule has 0 radical (unpaired) electrons. The normalized spacial score (nSPS) is 25.7. The Labute approximate surface area is 97.1 Å². The summed E-state index contributed by atoms with van der Waals surface area (Å²) in [5.41, 5.74) is 2.53. The number of halogens is 1. The number of hydrogen-bond acceptors (Lipinski definition) is 1. The van der Waals surface area contributed by atoms with Crippen molar-refractivity contribution in [3.8, 4) is 0 Å². The molecule has 1 nitrogen and oxygen atoms in total. The lowest BCUT2D eigenvalue weighted by atomic mass is 9.87. The Morgan fingerprint density at radius 1 is 1.38 bits per heavy atom. The molecular weight excluding hydrogens is 201 g/mol. The molecule has 0 saturated carbocycles. The summed E-state index contributed by atoms with van der Waals surface area (Å²) in [6.45, 7) is 5.58. The van der Waals surface area contributed by atoms with E-state index in [1.165, 1.54) is 11.1 Å². The van der Waals surface area contributed by atoms with Gasteiger partial charge in [0, 0.05) is 13.0 Å². The van der Waals surface area contributed by atoms with Crippen LogP contribution in [0.15, 0.2) is 18.2 Å². The van der Waals surface area contributed by atoms with Gasteiger partial charge in [-0.25, -0.2) is 4.39 Å². The summed E-state index contributed by atoms with van der Waals surface area (Å²) >= 11 is 0. The molecule has 1 aromatic rings. The minimum Gasteiger partial charge on any atom is -0.314 e. The van der Waals surface area contributed by atoms with E-state index in [-0.39, 0.29) is 0 Å². The molecule has 0 aliphatic carbocycles. The molecule has 88 valence electrons. The summed E-state index contributed by atoms with van der Waals surface area (Å²) in [4.78, 5) is 0. The number of nitrogens with one attached hydrogen (secondary N) is 1. The highest BCUT2D eigenvalue weighted by Crippen LogP contribution is 2.27. The Kier molecular flexibility index (Phi) is 3.29. The van der Waals surface area contributed by atoms with Crippen LogP contribution < -0.4 is 5.32 Å². The van der Waals surface area contributed by atoms with Gasteiger partial charge >= 0.3 is 0 Å². The predicted octanol–water partition coefficient (Wildman–Crippen LogP) is 2.94. The monoisotopic (exact) mass is 221 g/mol. The molecular formula is C14H20FN. The minimum absolute atomic E-state index is 0.500. The third-order valence-corrected chi connectivity index (χ3v) is 3.43. The number of alkyl halides is 1. The van der Waals surface area contributed by atoms with Crippen LogP contribution in [0.1, 0.15) is 29.5 Å². The zero-order valence-electron chi connectivity index (χ0n) is 10.1. The summed E-state index contributed by atoms with van der Waals surface area (Å²) in [6, 6.07) is 6.29. The Balaban J connectivity index is 2.15. The van der Waals surface area contributed by atoms with Gasteiger partial charge in [0.1, 0.15) is 5.67 Å². The van der Waals surface area contributed by atoms with Crippen LogP contribution in [-0.2, 0) is 6.42 Å². The van der Waals surface area contributed by atoms with Crippen LogP contribution in [0.25, 0.3) is 0 Å². The summed E-state index contributed by atoms with van der Waals surface area (Å²) in [5.74, 6) is 0. The highest BCUT2D eigenvalue weighted by Gasteiger charge is 2.32. The summed E-state index contributed by atoms with van der Waals surface area (Å²) < 4.78 is 14.5. The van der Waals surface area contributed by atoms with Crippen LogP contribution >= 0.6 is 0 Å². The quantitative estimate of drug-likeness (QED) is 0.809. The highest BCUT2D eigenvalue weighted by atomic mass is 19.1. The standard InChI is InChI=1S/C14H20FN/c1-11-4-5-12(2)13(8-11)9-14(15)6-3-7-16-10-14/h4-5,8,16H,3,6-7,9-10H2,1-2H3.